The van der Waals surface area contributed by atoms with Gasteiger partial charge >= 0.3 is 11.9 Å². The summed E-state index contributed by atoms with van der Waals surface area (Å²) in [5, 5.41) is 3.19. The number of aromatic nitrogens is 2. The van der Waals surface area contributed by atoms with Crippen LogP contribution in [0, 0.1) is 6.92 Å². The van der Waals surface area contributed by atoms with Crippen LogP contribution < -0.4 is 10.9 Å². The molecular formula is C23H25N3O6S2. The van der Waals surface area contributed by atoms with Crippen molar-refractivity contribution in [2.24, 2.45) is 0 Å². The average Bonchev–Trinajstić information content (AvgIpc) is 3.14. The highest BCUT2D eigenvalue weighted by Crippen LogP contribution is 2.35. The van der Waals surface area contributed by atoms with Crippen LogP contribution in [-0.4, -0.2) is 46.4 Å². The van der Waals surface area contributed by atoms with Gasteiger partial charge in [-0.3, -0.25) is 14.2 Å². The van der Waals surface area contributed by atoms with Crippen molar-refractivity contribution in [1.82, 2.24) is 9.55 Å². The summed E-state index contributed by atoms with van der Waals surface area (Å²) in [5.74, 6) is -1.67. The van der Waals surface area contributed by atoms with Gasteiger partial charge in [0.2, 0.25) is 5.91 Å². The first-order valence-electron chi connectivity index (χ1n) is 10.6. The van der Waals surface area contributed by atoms with E-state index in [4.69, 9.17) is 9.47 Å². The molecule has 34 heavy (non-hydrogen) atoms. The van der Waals surface area contributed by atoms with Gasteiger partial charge in [-0.1, -0.05) is 23.9 Å². The fourth-order valence-corrected chi connectivity index (χ4v) is 5.35. The van der Waals surface area contributed by atoms with Crippen molar-refractivity contribution in [3.63, 3.8) is 0 Å². The van der Waals surface area contributed by atoms with E-state index in [2.05, 4.69) is 10.3 Å². The lowest BCUT2D eigenvalue weighted by molar-refractivity contribution is -0.115. The van der Waals surface area contributed by atoms with E-state index in [1.165, 1.54) is 11.7 Å². The highest BCUT2D eigenvalue weighted by atomic mass is 32.2. The fraction of sp³-hybridized carbons (Fsp3) is 0.348. The van der Waals surface area contributed by atoms with Gasteiger partial charge in [0.1, 0.15) is 9.88 Å². The molecule has 1 atom stereocenters. The largest absolute Gasteiger partial charge is 0.465 e. The van der Waals surface area contributed by atoms with E-state index in [1.54, 1.807) is 45.0 Å². The molecule has 1 aromatic carbocycles. The molecule has 0 fully saturated rings. The van der Waals surface area contributed by atoms with Crippen LogP contribution >= 0.6 is 23.1 Å². The standard InChI is InChI=1S/C23H25N3O6S2/c1-6-26-20(28)14-10-8-9-11-15(14)24-23(26)33-13(4)18(27)25-19-16(21(29)31-5)12(3)17(34-19)22(30)32-7-2/h8-11,13H,6-7H2,1-5H3,(H,25,27). The van der Waals surface area contributed by atoms with Gasteiger partial charge in [-0.2, -0.15) is 0 Å². The monoisotopic (exact) mass is 503 g/mol. The van der Waals surface area contributed by atoms with E-state index >= 15 is 0 Å². The number of carbonyl (C=O) groups excluding carboxylic acids is 3. The minimum Gasteiger partial charge on any atom is -0.465 e. The van der Waals surface area contributed by atoms with Crippen LogP contribution in [0.1, 0.15) is 46.4 Å². The van der Waals surface area contributed by atoms with E-state index < -0.39 is 23.1 Å². The van der Waals surface area contributed by atoms with E-state index in [0.717, 1.165) is 23.1 Å². The number of carbonyl (C=O) groups is 3. The van der Waals surface area contributed by atoms with Gasteiger partial charge in [0, 0.05) is 6.54 Å². The molecule has 2 heterocycles. The number of methoxy groups -OCH3 is 1. The fourth-order valence-electron chi connectivity index (χ4n) is 3.28. The summed E-state index contributed by atoms with van der Waals surface area (Å²) < 4.78 is 11.4. The zero-order valence-electron chi connectivity index (χ0n) is 19.5. The van der Waals surface area contributed by atoms with E-state index in [0.29, 0.717) is 28.2 Å². The molecule has 1 N–H and O–H groups in total. The second-order valence-corrected chi connectivity index (χ2v) is 9.51. The third kappa shape index (κ3) is 5.00. The number of hydrogen-bond acceptors (Lipinski definition) is 9. The summed E-state index contributed by atoms with van der Waals surface area (Å²) >= 11 is 2.09. The first-order chi connectivity index (χ1) is 16.2. The molecule has 9 nitrogen and oxygen atoms in total. The third-order valence-electron chi connectivity index (χ3n) is 5.03. The molecule has 2 aromatic heterocycles. The molecule has 0 saturated carbocycles. The number of rotatable bonds is 8. The molecule has 0 spiro atoms. The Bertz CT molecular complexity index is 1310. The van der Waals surface area contributed by atoms with Crippen molar-refractivity contribution >= 4 is 56.8 Å². The van der Waals surface area contributed by atoms with Crippen LogP contribution in [0.5, 0.6) is 0 Å². The second kappa shape index (κ2) is 10.8. The van der Waals surface area contributed by atoms with Gasteiger partial charge in [-0.15, -0.1) is 11.3 Å². The van der Waals surface area contributed by atoms with Gasteiger partial charge < -0.3 is 14.8 Å². The van der Waals surface area contributed by atoms with Crippen LogP contribution in [0.3, 0.4) is 0 Å². The smallest absolute Gasteiger partial charge is 0.348 e. The van der Waals surface area contributed by atoms with Crippen molar-refractivity contribution in [2.45, 2.75) is 44.6 Å². The number of amides is 1. The molecule has 0 aliphatic rings. The number of para-hydroxylation sites is 1. The molecule has 0 aliphatic heterocycles. The summed E-state index contributed by atoms with van der Waals surface area (Å²) in [6.45, 7) is 7.36. The normalized spacial score (nSPS) is 11.8. The predicted molar refractivity (Wildman–Crippen MR) is 132 cm³/mol. The summed E-state index contributed by atoms with van der Waals surface area (Å²) in [4.78, 5) is 55.3. The molecule has 0 aliphatic carbocycles. The first kappa shape index (κ1) is 25.4. The lowest BCUT2D eigenvalue weighted by atomic mass is 10.1. The van der Waals surface area contributed by atoms with Crippen LogP contribution in [0.4, 0.5) is 5.00 Å². The molecule has 0 radical (unpaired) electrons. The molecule has 11 heteroatoms. The molecule has 0 saturated heterocycles. The topological polar surface area (TPSA) is 117 Å². The Morgan fingerprint density at radius 3 is 2.56 bits per heavy atom. The molecule has 180 valence electrons. The Labute approximate surface area is 204 Å². The van der Waals surface area contributed by atoms with E-state index in [-0.39, 0.29) is 27.6 Å². The molecule has 1 amide bonds. The lowest BCUT2D eigenvalue weighted by Gasteiger charge is -2.15. The minimum atomic E-state index is -0.670. The number of anilines is 1. The molecular weight excluding hydrogens is 478 g/mol. The molecule has 3 rings (SSSR count). The predicted octanol–water partition coefficient (Wildman–Crippen LogP) is 3.87. The lowest BCUT2D eigenvalue weighted by Crippen LogP contribution is -2.27. The Morgan fingerprint density at radius 2 is 1.91 bits per heavy atom. The van der Waals surface area contributed by atoms with Gasteiger partial charge in [0.25, 0.3) is 5.56 Å². The van der Waals surface area contributed by atoms with Crippen LogP contribution in [-0.2, 0) is 20.8 Å². The molecule has 1 unspecified atom stereocenters. The maximum absolute atomic E-state index is 13.0. The van der Waals surface area contributed by atoms with Gasteiger partial charge in [0.15, 0.2) is 5.16 Å². The van der Waals surface area contributed by atoms with E-state index in [9.17, 15) is 19.2 Å². The number of thioether (sulfide) groups is 1. The second-order valence-electron chi connectivity index (χ2n) is 7.18. The van der Waals surface area contributed by atoms with Crippen molar-refractivity contribution in [1.29, 1.82) is 0 Å². The summed E-state index contributed by atoms with van der Waals surface area (Å²) in [5.41, 5.74) is 0.856. The number of benzene rings is 1. The van der Waals surface area contributed by atoms with Gasteiger partial charge in [-0.25, -0.2) is 14.6 Å². The number of fused-ring (bicyclic) bond motifs is 1. The SMILES string of the molecule is CCOC(=O)c1sc(NC(=O)C(C)Sc2nc3ccccc3c(=O)n2CC)c(C(=O)OC)c1C. The van der Waals surface area contributed by atoms with Crippen molar-refractivity contribution in [3.05, 3.63) is 50.6 Å². The highest BCUT2D eigenvalue weighted by molar-refractivity contribution is 8.00. The summed E-state index contributed by atoms with van der Waals surface area (Å²) in [6.07, 6.45) is 0. The first-order valence-corrected chi connectivity index (χ1v) is 12.3. The van der Waals surface area contributed by atoms with Crippen molar-refractivity contribution in [2.75, 3.05) is 19.0 Å². The maximum Gasteiger partial charge on any atom is 0.348 e. The number of hydrogen-bond donors (Lipinski definition) is 1. The zero-order chi connectivity index (χ0) is 25.0. The average molecular weight is 504 g/mol. The van der Waals surface area contributed by atoms with E-state index in [1.807, 2.05) is 6.92 Å². The Morgan fingerprint density at radius 1 is 1.21 bits per heavy atom. The Hall–Kier alpha value is -3.18. The molecule has 3 aromatic rings. The van der Waals surface area contributed by atoms with Gasteiger partial charge in [-0.05, 0) is 45.4 Å². The van der Waals surface area contributed by atoms with Crippen molar-refractivity contribution < 1.29 is 23.9 Å². The van der Waals surface area contributed by atoms with Crippen molar-refractivity contribution in [3.8, 4) is 0 Å². The van der Waals surface area contributed by atoms with Crippen LogP contribution in [0.25, 0.3) is 10.9 Å². The number of thiophene rings is 1. The Kier molecular flexibility index (Phi) is 8.11. The number of esters is 2. The number of ether oxygens (including phenoxy) is 2. The number of nitrogens with one attached hydrogen (secondary N) is 1. The van der Waals surface area contributed by atoms with Crippen LogP contribution in [0.2, 0.25) is 0 Å². The van der Waals surface area contributed by atoms with Crippen LogP contribution in [0.15, 0.2) is 34.2 Å². The summed E-state index contributed by atoms with van der Waals surface area (Å²) in [6, 6.07) is 7.04. The Balaban J connectivity index is 1.91. The highest BCUT2D eigenvalue weighted by Gasteiger charge is 2.28. The van der Waals surface area contributed by atoms with Gasteiger partial charge in [0.05, 0.1) is 35.4 Å². The minimum absolute atomic E-state index is 0.107. The third-order valence-corrected chi connectivity index (χ3v) is 7.31. The maximum atomic E-state index is 13.0. The summed E-state index contributed by atoms with van der Waals surface area (Å²) in [7, 11) is 1.23. The number of nitrogens with zero attached hydrogens (tertiary/aromatic N) is 2. The zero-order valence-corrected chi connectivity index (χ0v) is 21.1. The quantitative estimate of drug-likeness (QED) is 0.280. The molecule has 0 bridgehead atoms.